The van der Waals surface area contributed by atoms with Crippen molar-refractivity contribution >= 4 is 27.9 Å². The topological polar surface area (TPSA) is 92.5 Å². The van der Waals surface area contributed by atoms with Gasteiger partial charge in [0.1, 0.15) is 16.9 Å². The second-order valence-electron chi connectivity index (χ2n) is 10.7. The average Bonchev–Trinajstić information content (AvgIpc) is 3.41. The zero-order valence-corrected chi connectivity index (χ0v) is 21.4. The molecule has 0 bridgehead atoms. The number of hydrogen-bond acceptors (Lipinski definition) is 7. The van der Waals surface area contributed by atoms with Crippen molar-refractivity contribution in [3.8, 4) is 0 Å². The summed E-state index contributed by atoms with van der Waals surface area (Å²) in [6, 6.07) is 0. The minimum Gasteiger partial charge on any atom is -0.462 e. The molecule has 0 unspecified atom stereocenters. The Morgan fingerprint density at radius 2 is 2.17 bits per heavy atom. The fourth-order valence-electron chi connectivity index (χ4n) is 4.48. The molecule has 0 saturated carbocycles. The van der Waals surface area contributed by atoms with Crippen molar-refractivity contribution in [2.45, 2.75) is 59.1 Å². The normalized spacial score (nSPS) is 19.7. The second-order valence-corrected chi connectivity index (χ2v) is 11.6. The van der Waals surface area contributed by atoms with Crippen LogP contribution in [0.2, 0.25) is 0 Å². The van der Waals surface area contributed by atoms with Gasteiger partial charge in [-0.1, -0.05) is 37.3 Å². The van der Waals surface area contributed by atoms with Crippen LogP contribution < -0.4 is 10.2 Å². The number of allylic oxidation sites excluding steroid dienone is 4. The van der Waals surface area contributed by atoms with Gasteiger partial charge >= 0.3 is 0 Å². The molecule has 0 saturated heterocycles. The zero-order valence-electron chi connectivity index (χ0n) is 20.5. The largest absolute Gasteiger partial charge is 0.462 e. The molecule has 0 aromatic carbocycles. The van der Waals surface area contributed by atoms with E-state index in [2.05, 4.69) is 36.4 Å². The van der Waals surface area contributed by atoms with Gasteiger partial charge in [-0.15, -0.1) is 0 Å². The van der Waals surface area contributed by atoms with Crippen LogP contribution in [0.15, 0.2) is 54.5 Å². The van der Waals surface area contributed by atoms with Gasteiger partial charge in [0.25, 0.3) is 5.91 Å². The number of thiazole rings is 1. The summed E-state index contributed by atoms with van der Waals surface area (Å²) in [4.78, 5) is 20.1. The molecule has 0 atom stereocenters. The molecular formula is C26H31N5O3S. The smallest absolute Gasteiger partial charge is 0.263 e. The van der Waals surface area contributed by atoms with Crippen molar-refractivity contribution in [2.24, 2.45) is 5.41 Å². The summed E-state index contributed by atoms with van der Waals surface area (Å²) in [5, 5.41) is 18.4. The predicted octanol–water partition coefficient (Wildman–Crippen LogP) is 4.38. The fraction of sp³-hybridized carbons (Fsp3) is 0.423. The molecule has 2 N–H and O–H groups in total. The summed E-state index contributed by atoms with van der Waals surface area (Å²) in [6.45, 7) is 8.87. The summed E-state index contributed by atoms with van der Waals surface area (Å²) in [7, 11) is 0. The van der Waals surface area contributed by atoms with Gasteiger partial charge in [-0.05, 0) is 44.1 Å². The number of aromatic nitrogens is 3. The predicted molar refractivity (Wildman–Crippen MR) is 137 cm³/mol. The van der Waals surface area contributed by atoms with Crippen LogP contribution in [0.3, 0.4) is 0 Å². The van der Waals surface area contributed by atoms with E-state index in [4.69, 9.17) is 9.72 Å². The molecule has 2 aromatic heterocycles. The van der Waals surface area contributed by atoms with Crippen molar-refractivity contribution in [1.82, 2.24) is 20.1 Å². The number of hydrogen-bond donors (Lipinski definition) is 2. The van der Waals surface area contributed by atoms with Gasteiger partial charge in [-0.25, -0.2) is 4.98 Å². The van der Waals surface area contributed by atoms with E-state index in [0.717, 1.165) is 52.6 Å². The molecule has 0 radical (unpaired) electrons. The molecule has 2 aliphatic heterocycles. The molecular weight excluding hydrogens is 462 g/mol. The minimum absolute atomic E-state index is 0.0437. The Bertz CT molecular complexity index is 1270. The van der Waals surface area contributed by atoms with Crippen molar-refractivity contribution in [2.75, 3.05) is 11.4 Å². The van der Waals surface area contributed by atoms with E-state index < -0.39 is 5.60 Å². The molecule has 4 heterocycles. The summed E-state index contributed by atoms with van der Waals surface area (Å²) in [5.41, 5.74) is 3.07. The lowest BCUT2D eigenvalue weighted by Crippen LogP contribution is -2.31. The Kier molecular flexibility index (Phi) is 5.93. The monoisotopic (exact) mass is 493 g/mol. The van der Waals surface area contributed by atoms with Gasteiger partial charge in [0, 0.05) is 30.1 Å². The highest BCUT2D eigenvalue weighted by Gasteiger charge is 2.31. The Morgan fingerprint density at radius 3 is 2.97 bits per heavy atom. The van der Waals surface area contributed by atoms with Crippen LogP contribution in [0, 0.1) is 5.41 Å². The third kappa shape index (κ3) is 5.11. The summed E-state index contributed by atoms with van der Waals surface area (Å²) >= 11 is 1.40. The first kappa shape index (κ1) is 23.6. The number of rotatable bonds is 5. The average molecular weight is 494 g/mol. The molecule has 184 valence electrons. The SMILES string of the molecule is CC(C)(O)Cn1cc(C2=C(C3=CN(c4nc5c(s4)C(=O)NCC(C)(C)C5)C=CO3)CCC=C2)cn1. The van der Waals surface area contributed by atoms with E-state index in [0.29, 0.717) is 18.0 Å². The number of aliphatic hydroxyl groups is 1. The first-order chi connectivity index (χ1) is 16.6. The first-order valence-corrected chi connectivity index (χ1v) is 12.7. The summed E-state index contributed by atoms with van der Waals surface area (Å²) in [6.07, 6.45) is 16.0. The van der Waals surface area contributed by atoms with Gasteiger partial charge in [-0.2, -0.15) is 5.10 Å². The van der Waals surface area contributed by atoms with Crippen LogP contribution in [0.5, 0.6) is 0 Å². The number of nitrogens with one attached hydrogen (secondary N) is 1. The van der Waals surface area contributed by atoms with Crippen LogP contribution in [0.25, 0.3) is 5.57 Å². The van der Waals surface area contributed by atoms with Crippen LogP contribution >= 0.6 is 11.3 Å². The van der Waals surface area contributed by atoms with Gasteiger partial charge in [0.15, 0.2) is 5.13 Å². The van der Waals surface area contributed by atoms with Crippen molar-refractivity contribution < 1.29 is 14.6 Å². The zero-order chi connectivity index (χ0) is 24.8. The molecule has 3 aliphatic rings. The van der Waals surface area contributed by atoms with Crippen LogP contribution in [-0.4, -0.2) is 37.9 Å². The van der Waals surface area contributed by atoms with E-state index >= 15 is 0 Å². The maximum absolute atomic E-state index is 12.6. The molecule has 0 fully saturated rings. The van der Waals surface area contributed by atoms with E-state index in [1.807, 2.05) is 29.7 Å². The van der Waals surface area contributed by atoms with Crippen LogP contribution in [-0.2, 0) is 17.7 Å². The lowest BCUT2D eigenvalue weighted by Gasteiger charge is -2.24. The maximum atomic E-state index is 12.6. The summed E-state index contributed by atoms with van der Waals surface area (Å²) in [5.74, 6) is 0.693. The Labute approximate surface area is 209 Å². The van der Waals surface area contributed by atoms with Gasteiger partial charge < -0.3 is 15.2 Å². The fourth-order valence-corrected chi connectivity index (χ4v) is 5.43. The minimum atomic E-state index is -0.846. The third-order valence-electron chi connectivity index (χ3n) is 6.12. The number of ether oxygens (including phenoxy) is 1. The van der Waals surface area contributed by atoms with Gasteiger partial charge in [0.2, 0.25) is 0 Å². The highest BCUT2D eigenvalue weighted by Crippen LogP contribution is 2.37. The molecule has 1 aliphatic carbocycles. The second kappa shape index (κ2) is 8.80. The quantitative estimate of drug-likeness (QED) is 0.642. The number of anilines is 1. The van der Waals surface area contributed by atoms with Crippen molar-refractivity contribution in [1.29, 1.82) is 0 Å². The molecule has 0 spiro atoms. The maximum Gasteiger partial charge on any atom is 0.263 e. The van der Waals surface area contributed by atoms with Crippen molar-refractivity contribution in [3.05, 3.63) is 70.7 Å². The lowest BCUT2D eigenvalue weighted by molar-refractivity contribution is 0.0577. The summed E-state index contributed by atoms with van der Waals surface area (Å²) < 4.78 is 7.73. The molecule has 2 aromatic rings. The number of amides is 1. The molecule has 5 rings (SSSR count). The Balaban J connectivity index is 1.47. The number of fused-ring (bicyclic) bond motifs is 1. The van der Waals surface area contributed by atoms with E-state index in [1.165, 1.54) is 11.3 Å². The first-order valence-electron chi connectivity index (χ1n) is 11.8. The van der Waals surface area contributed by atoms with Gasteiger partial charge in [-0.3, -0.25) is 14.4 Å². The molecule has 8 nitrogen and oxygen atoms in total. The number of carbonyl (C=O) groups excluding carboxylic acids is 1. The highest BCUT2D eigenvalue weighted by atomic mass is 32.1. The van der Waals surface area contributed by atoms with Crippen LogP contribution in [0.1, 0.15) is 61.5 Å². The van der Waals surface area contributed by atoms with Crippen LogP contribution in [0.4, 0.5) is 5.13 Å². The lowest BCUT2D eigenvalue weighted by atomic mass is 9.88. The third-order valence-corrected chi connectivity index (χ3v) is 7.23. The van der Waals surface area contributed by atoms with E-state index in [9.17, 15) is 9.90 Å². The van der Waals surface area contributed by atoms with E-state index in [1.54, 1.807) is 24.8 Å². The highest BCUT2D eigenvalue weighted by molar-refractivity contribution is 7.17. The Hall–Kier alpha value is -3.17. The van der Waals surface area contributed by atoms with Gasteiger partial charge in [0.05, 0.1) is 30.2 Å². The Morgan fingerprint density at radius 1 is 1.34 bits per heavy atom. The van der Waals surface area contributed by atoms with Crippen molar-refractivity contribution in [3.63, 3.8) is 0 Å². The standard InChI is InChI=1S/C26H31N5O3S/c1-25(2)11-20-22(23(32)27-15-25)35-24(29-20)30-9-10-34-21(14-30)19-8-6-5-7-18(19)17-12-28-31(13-17)16-26(3,4)33/h5,7,9-10,12-14,33H,6,8,11,15-16H2,1-4H3,(H,27,32). The molecule has 9 heteroatoms. The molecule has 1 amide bonds. The number of carbonyl (C=O) groups is 1. The number of nitrogens with zero attached hydrogens (tertiary/aromatic N) is 4. The molecule has 35 heavy (non-hydrogen) atoms. The van der Waals surface area contributed by atoms with E-state index in [-0.39, 0.29) is 11.3 Å².